The van der Waals surface area contributed by atoms with Crippen LogP contribution in [0.3, 0.4) is 0 Å². The Balaban J connectivity index is 2.53. The molecule has 102 valence electrons. The highest BCUT2D eigenvalue weighted by atomic mass is 79.9. The fraction of sp³-hybridized carbons (Fsp3) is 0.417. The number of fused-ring (bicyclic) bond motifs is 1. The highest BCUT2D eigenvalue weighted by molar-refractivity contribution is 9.11. The number of rotatable bonds is 4. The van der Waals surface area contributed by atoms with E-state index in [9.17, 15) is 9.59 Å². The van der Waals surface area contributed by atoms with Crippen LogP contribution >= 0.6 is 27.3 Å². The standard InChI is InChI=1S/C12H13BrN2O3S/c1-3-8-7-5-9(13)19-11(7)12(17)15(14-8)6-10(16)18-4-2/h5H,3-4,6H2,1-2H3. The zero-order chi connectivity index (χ0) is 14.0. The molecule has 0 aliphatic heterocycles. The smallest absolute Gasteiger partial charge is 0.327 e. The van der Waals surface area contributed by atoms with Crippen molar-refractivity contribution in [2.45, 2.75) is 26.8 Å². The number of ether oxygens (including phenoxy) is 1. The van der Waals surface area contributed by atoms with Crippen molar-refractivity contribution in [2.24, 2.45) is 0 Å². The summed E-state index contributed by atoms with van der Waals surface area (Å²) < 4.78 is 7.52. The van der Waals surface area contributed by atoms with Gasteiger partial charge in [-0.05, 0) is 35.3 Å². The van der Waals surface area contributed by atoms with Crippen molar-refractivity contribution >= 4 is 43.3 Å². The van der Waals surface area contributed by atoms with Gasteiger partial charge in [0.05, 0.1) is 16.1 Å². The number of halogens is 1. The van der Waals surface area contributed by atoms with Crippen molar-refractivity contribution < 1.29 is 9.53 Å². The normalized spacial score (nSPS) is 10.9. The summed E-state index contributed by atoms with van der Waals surface area (Å²) in [5, 5.41) is 5.10. The van der Waals surface area contributed by atoms with Gasteiger partial charge in [0.2, 0.25) is 0 Å². The molecule has 0 saturated carbocycles. The summed E-state index contributed by atoms with van der Waals surface area (Å²) in [6.07, 6.45) is 0.697. The molecule has 0 bridgehead atoms. The lowest BCUT2D eigenvalue weighted by Gasteiger charge is -2.07. The quantitative estimate of drug-likeness (QED) is 0.798. The molecule has 7 heteroatoms. The summed E-state index contributed by atoms with van der Waals surface area (Å²) in [5.74, 6) is -0.450. The van der Waals surface area contributed by atoms with E-state index in [1.54, 1.807) is 6.92 Å². The van der Waals surface area contributed by atoms with Crippen LogP contribution in [0.4, 0.5) is 0 Å². The maximum atomic E-state index is 12.2. The van der Waals surface area contributed by atoms with Crippen LogP contribution in [-0.2, 0) is 22.5 Å². The van der Waals surface area contributed by atoms with Crippen molar-refractivity contribution in [2.75, 3.05) is 6.61 Å². The lowest BCUT2D eigenvalue weighted by Crippen LogP contribution is -2.28. The van der Waals surface area contributed by atoms with Crippen molar-refractivity contribution in [3.8, 4) is 0 Å². The van der Waals surface area contributed by atoms with E-state index < -0.39 is 5.97 Å². The number of thiophene rings is 1. The van der Waals surface area contributed by atoms with Crippen LogP contribution in [0.15, 0.2) is 14.6 Å². The maximum Gasteiger partial charge on any atom is 0.327 e. The minimum Gasteiger partial charge on any atom is -0.465 e. The largest absolute Gasteiger partial charge is 0.465 e. The first-order chi connectivity index (χ1) is 9.06. The van der Waals surface area contributed by atoms with E-state index in [1.165, 1.54) is 16.0 Å². The van der Waals surface area contributed by atoms with E-state index in [-0.39, 0.29) is 12.1 Å². The minimum atomic E-state index is -0.450. The second kappa shape index (κ2) is 5.83. The van der Waals surface area contributed by atoms with Gasteiger partial charge in [0.25, 0.3) is 5.56 Å². The number of carbonyl (C=O) groups is 1. The van der Waals surface area contributed by atoms with E-state index >= 15 is 0 Å². The van der Waals surface area contributed by atoms with E-state index in [4.69, 9.17) is 4.74 Å². The highest BCUT2D eigenvalue weighted by Crippen LogP contribution is 2.28. The third-order valence-corrected chi connectivity index (χ3v) is 4.23. The summed E-state index contributed by atoms with van der Waals surface area (Å²) in [6, 6.07) is 1.89. The molecular formula is C12H13BrN2O3S. The molecule has 0 unspecified atom stereocenters. The predicted molar refractivity (Wildman–Crippen MR) is 77.6 cm³/mol. The Hall–Kier alpha value is -1.21. The van der Waals surface area contributed by atoms with Gasteiger partial charge in [-0.15, -0.1) is 11.3 Å². The first-order valence-corrected chi connectivity index (χ1v) is 7.52. The molecule has 0 aliphatic carbocycles. The Morgan fingerprint density at radius 3 is 2.89 bits per heavy atom. The van der Waals surface area contributed by atoms with Crippen LogP contribution in [-0.4, -0.2) is 22.4 Å². The fourth-order valence-corrected chi connectivity index (χ4v) is 3.36. The summed E-state index contributed by atoms with van der Waals surface area (Å²) in [4.78, 5) is 23.7. The van der Waals surface area contributed by atoms with E-state index in [0.29, 0.717) is 17.7 Å². The summed E-state index contributed by atoms with van der Waals surface area (Å²) in [7, 11) is 0. The topological polar surface area (TPSA) is 61.2 Å². The van der Waals surface area contributed by atoms with Gasteiger partial charge in [0.15, 0.2) is 0 Å². The number of hydrogen-bond donors (Lipinski definition) is 0. The second-order valence-corrected chi connectivity index (χ2v) is 6.29. The molecule has 0 aliphatic rings. The average molecular weight is 345 g/mol. The van der Waals surface area contributed by atoms with E-state index in [1.807, 2.05) is 13.0 Å². The monoisotopic (exact) mass is 344 g/mol. The molecule has 5 nitrogen and oxygen atoms in total. The molecule has 0 fully saturated rings. The first kappa shape index (κ1) is 14.2. The van der Waals surface area contributed by atoms with E-state index in [2.05, 4.69) is 21.0 Å². The Bertz CT molecular complexity index is 677. The van der Waals surface area contributed by atoms with Gasteiger partial charge < -0.3 is 4.74 Å². The number of esters is 1. The summed E-state index contributed by atoms with van der Waals surface area (Å²) in [6.45, 7) is 3.84. The zero-order valence-electron chi connectivity index (χ0n) is 10.6. The molecule has 0 N–H and O–H groups in total. The number of aromatic nitrogens is 2. The second-order valence-electron chi connectivity index (χ2n) is 3.86. The molecule has 0 aromatic carbocycles. The van der Waals surface area contributed by atoms with Crippen LogP contribution in [0.25, 0.3) is 10.1 Å². The van der Waals surface area contributed by atoms with Gasteiger partial charge in [-0.2, -0.15) is 5.10 Å². The molecule has 19 heavy (non-hydrogen) atoms. The maximum absolute atomic E-state index is 12.2. The number of nitrogens with zero attached hydrogens (tertiary/aromatic N) is 2. The van der Waals surface area contributed by atoms with Gasteiger partial charge in [-0.1, -0.05) is 6.92 Å². The molecule has 2 aromatic heterocycles. The van der Waals surface area contributed by atoms with Crippen LogP contribution in [0.1, 0.15) is 19.5 Å². The Labute approximate surface area is 122 Å². The molecule has 2 aromatic rings. The third kappa shape index (κ3) is 2.87. The molecule has 0 radical (unpaired) electrons. The SMILES string of the molecule is CCOC(=O)Cn1nc(CC)c2cc(Br)sc2c1=O. The molecule has 0 spiro atoms. The van der Waals surface area contributed by atoms with Gasteiger partial charge in [0, 0.05) is 5.39 Å². The first-order valence-electron chi connectivity index (χ1n) is 5.91. The Morgan fingerprint density at radius 1 is 1.53 bits per heavy atom. The molecule has 0 atom stereocenters. The van der Waals surface area contributed by atoms with Crippen LogP contribution in [0.2, 0.25) is 0 Å². The third-order valence-electron chi connectivity index (χ3n) is 2.60. The van der Waals surface area contributed by atoms with E-state index in [0.717, 1.165) is 14.9 Å². The lowest BCUT2D eigenvalue weighted by atomic mass is 10.2. The summed E-state index contributed by atoms with van der Waals surface area (Å²) in [5.41, 5.74) is 0.553. The van der Waals surface area contributed by atoms with Crippen LogP contribution in [0.5, 0.6) is 0 Å². The van der Waals surface area contributed by atoms with Crippen LogP contribution in [0, 0.1) is 0 Å². The van der Waals surface area contributed by atoms with Gasteiger partial charge >= 0.3 is 5.97 Å². The average Bonchev–Trinajstić information content (AvgIpc) is 2.75. The lowest BCUT2D eigenvalue weighted by molar-refractivity contribution is -0.144. The number of carbonyl (C=O) groups excluding carboxylic acids is 1. The van der Waals surface area contributed by atoms with Crippen molar-refractivity contribution in [3.63, 3.8) is 0 Å². The Morgan fingerprint density at radius 2 is 2.26 bits per heavy atom. The molecular weight excluding hydrogens is 332 g/mol. The number of aryl methyl sites for hydroxylation is 1. The van der Waals surface area contributed by atoms with Gasteiger partial charge in [0.1, 0.15) is 11.2 Å². The molecule has 2 rings (SSSR count). The van der Waals surface area contributed by atoms with Crippen molar-refractivity contribution in [1.29, 1.82) is 0 Å². The summed E-state index contributed by atoms with van der Waals surface area (Å²) >= 11 is 4.73. The number of hydrogen-bond acceptors (Lipinski definition) is 5. The van der Waals surface area contributed by atoms with Crippen LogP contribution < -0.4 is 5.56 Å². The molecule has 0 saturated heterocycles. The van der Waals surface area contributed by atoms with Crippen molar-refractivity contribution in [1.82, 2.24) is 9.78 Å². The predicted octanol–water partition coefficient (Wildman–Crippen LogP) is 2.35. The zero-order valence-corrected chi connectivity index (χ0v) is 13.0. The highest BCUT2D eigenvalue weighted by Gasteiger charge is 2.15. The molecule has 2 heterocycles. The Kier molecular flexibility index (Phi) is 4.36. The van der Waals surface area contributed by atoms with Gasteiger partial charge in [-0.25, -0.2) is 4.68 Å². The molecule has 0 amide bonds. The minimum absolute atomic E-state index is 0.148. The fourth-order valence-electron chi connectivity index (χ4n) is 1.79. The van der Waals surface area contributed by atoms with Gasteiger partial charge in [-0.3, -0.25) is 9.59 Å². The van der Waals surface area contributed by atoms with Crippen molar-refractivity contribution in [3.05, 3.63) is 25.9 Å².